The zero-order chi connectivity index (χ0) is 26.0. The van der Waals surface area contributed by atoms with E-state index in [-0.39, 0.29) is 5.41 Å². The normalized spacial score (nSPS) is 11.6. The Morgan fingerprint density at radius 3 is 2.22 bits per heavy atom. The van der Waals surface area contributed by atoms with Gasteiger partial charge in [0.25, 0.3) is 0 Å². The summed E-state index contributed by atoms with van der Waals surface area (Å²) >= 11 is 0. The van der Waals surface area contributed by atoms with Gasteiger partial charge in [-0.05, 0) is 63.9 Å². The van der Waals surface area contributed by atoms with E-state index in [1.54, 1.807) is 0 Å². The number of allylic oxidation sites excluding steroid dienone is 1. The first-order chi connectivity index (χ1) is 17.8. The summed E-state index contributed by atoms with van der Waals surface area (Å²) in [6.45, 7) is 13.6. The Bertz CT molecular complexity index is 1520. The van der Waals surface area contributed by atoms with Gasteiger partial charge >= 0.3 is 0 Å². The first kappa shape index (κ1) is 24.6. The van der Waals surface area contributed by atoms with Gasteiger partial charge in [-0.1, -0.05) is 107 Å². The third-order valence-corrected chi connectivity index (χ3v) is 7.12. The molecule has 2 nitrogen and oxygen atoms in total. The van der Waals surface area contributed by atoms with Crippen LogP contribution >= 0.6 is 0 Å². The molecule has 5 rings (SSSR count). The standard InChI is InChI=1S/C35H36N2/c1-6-31-19-20-33(36-31)32-18-11-10-15-28(32)21-25(2)37-24-30(35(3,4)5)23-34(37)29-17-12-16-27(22-29)26-13-8-7-9-14-26/h7-20,22-24,36H,2,6,21H2,1,3-5H3. The van der Waals surface area contributed by atoms with E-state index >= 15 is 0 Å². The molecule has 3 aromatic carbocycles. The summed E-state index contributed by atoms with van der Waals surface area (Å²) in [4.78, 5) is 3.58. The Morgan fingerprint density at radius 2 is 1.49 bits per heavy atom. The molecule has 5 aromatic rings. The minimum atomic E-state index is 0.0377. The lowest BCUT2D eigenvalue weighted by Crippen LogP contribution is -2.09. The molecule has 0 bridgehead atoms. The van der Waals surface area contributed by atoms with Gasteiger partial charge in [0.2, 0.25) is 0 Å². The lowest BCUT2D eigenvalue weighted by Gasteiger charge is -2.17. The third kappa shape index (κ3) is 5.24. The van der Waals surface area contributed by atoms with Crippen LogP contribution in [-0.4, -0.2) is 9.55 Å². The second-order valence-electron chi connectivity index (χ2n) is 10.8. The van der Waals surface area contributed by atoms with Gasteiger partial charge in [0.1, 0.15) is 0 Å². The number of hydrogen-bond donors (Lipinski definition) is 1. The third-order valence-electron chi connectivity index (χ3n) is 7.12. The number of H-pyrrole nitrogens is 1. The highest BCUT2D eigenvalue weighted by Crippen LogP contribution is 2.35. The van der Waals surface area contributed by atoms with Crippen LogP contribution in [0.4, 0.5) is 0 Å². The van der Waals surface area contributed by atoms with E-state index in [1.165, 1.54) is 50.5 Å². The molecule has 1 N–H and O–H groups in total. The van der Waals surface area contributed by atoms with Gasteiger partial charge in [0.05, 0.1) is 5.69 Å². The molecule has 0 amide bonds. The van der Waals surface area contributed by atoms with Crippen molar-refractivity contribution in [2.24, 2.45) is 0 Å². The minimum Gasteiger partial charge on any atom is -0.358 e. The van der Waals surface area contributed by atoms with Crippen LogP contribution in [0.25, 0.3) is 39.3 Å². The van der Waals surface area contributed by atoms with Crippen LogP contribution in [0, 0.1) is 0 Å². The fourth-order valence-electron chi connectivity index (χ4n) is 4.89. The molecule has 37 heavy (non-hydrogen) atoms. The van der Waals surface area contributed by atoms with E-state index in [9.17, 15) is 0 Å². The molecule has 0 aliphatic rings. The van der Waals surface area contributed by atoms with Crippen molar-refractivity contribution in [3.63, 3.8) is 0 Å². The summed E-state index contributed by atoms with van der Waals surface area (Å²) < 4.78 is 2.30. The molecular weight excluding hydrogens is 448 g/mol. The Morgan fingerprint density at radius 1 is 0.784 bits per heavy atom. The largest absolute Gasteiger partial charge is 0.358 e. The van der Waals surface area contributed by atoms with E-state index < -0.39 is 0 Å². The first-order valence-corrected chi connectivity index (χ1v) is 13.2. The maximum absolute atomic E-state index is 4.59. The number of hydrogen-bond acceptors (Lipinski definition) is 0. The SMILES string of the molecule is C=C(Cc1ccccc1-c1ccc(CC)[nH]1)n1cc(C(C)(C)C)cc1-c1cccc(-c2ccccc2)c1. The highest BCUT2D eigenvalue weighted by molar-refractivity contribution is 5.75. The van der Waals surface area contributed by atoms with Gasteiger partial charge in [0, 0.05) is 35.3 Å². The summed E-state index contributed by atoms with van der Waals surface area (Å²) in [6.07, 6.45) is 4.04. The van der Waals surface area contributed by atoms with Gasteiger partial charge < -0.3 is 9.55 Å². The van der Waals surface area contributed by atoms with Crippen LogP contribution in [0.5, 0.6) is 0 Å². The van der Waals surface area contributed by atoms with Gasteiger partial charge in [-0.15, -0.1) is 0 Å². The van der Waals surface area contributed by atoms with Crippen molar-refractivity contribution in [3.05, 3.63) is 127 Å². The zero-order valence-electron chi connectivity index (χ0n) is 22.4. The predicted molar refractivity (Wildman–Crippen MR) is 159 cm³/mol. The maximum Gasteiger partial charge on any atom is 0.0528 e. The summed E-state index contributed by atoms with van der Waals surface area (Å²) in [7, 11) is 0. The fourth-order valence-corrected chi connectivity index (χ4v) is 4.89. The van der Waals surface area contributed by atoms with Crippen molar-refractivity contribution < 1.29 is 0 Å². The molecule has 0 fully saturated rings. The van der Waals surface area contributed by atoms with E-state index in [0.717, 1.165) is 18.5 Å². The lowest BCUT2D eigenvalue weighted by atomic mass is 9.89. The number of aryl methyl sites for hydroxylation is 1. The van der Waals surface area contributed by atoms with Crippen molar-refractivity contribution in [1.29, 1.82) is 0 Å². The molecule has 2 heterocycles. The van der Waals surface area contributed by atoms with Crippen LogP contribution in [-0.2, 0) is 18.3 Å². The predicted octanol–water partition coefficient (Wildman–Crippen LogP) is 9.39. The average Bonchev–Trinajstić information content (AvgIpc) is 3.58. The Hall–Kier alpha value is -4.04. The number of aromatic nitrogens is 2. The molecule has 2 heteroatoms. The first-order valence-electron chi connectivity index (χ1n) is 13.2. The Labute approximate surface area is 221 Å². The van der Waals surface area contributed by atoms with Crippen molar-refractivity contribution >= 4 is 5.70 Å². The second-order valence-corrected chi connectivity index (χ2v) is 10.8. The summed E-state index contributed by atoms with van der Waals surface area (Å²) in [5.41, 5.74) is 12.2. The highest BCUT2D eigenvalue weighted by Gasteiger charge is 2.20. The molecule has 0 saturated carbocycles. The van der Waals surface area contributed by atoms with Crippen molar-refractivity contribution in [3.8, 4) is 33.6 Å². The van der Waals surface area contributed by atoms with Crippen molar-refractivity contribution in [1.82, 2.24) is 9.55 Å². The van der Waals surface area contributed by atoms with Gasteiger partial charge in [-0.2, -0.15) is 0 Å². The minimum absolute atomic E-state index is 0.0377. The summed E-state index contributed by atoms with van der Waals surface area (Å²) in [6, 6.07) is 34.8. The molecule has 0 atom stereocenters. The second kappa shape index (κ2) is 10.1. The highest BCUT2D eigenvalue weighted by atomic mass is 15.0. The van der Waals surface area contributed by atoms with Crippen LogP contribution in [0.1, 0.15) is 44.5 Å². The molecule has 0 saturated heterocycles. The fraction of sp³-hybridized carbons (Fsp3) is 0.200. The Kier molecular flexibility index (Phi) is 6.76. The molecule has 0 spiro atoms. The van der Waals surface area contributed by atoms with Crippen molar-refractivity contribution in [2.75, 3.05) is 0 Å². The molecule has 2 aromatic heterocycles. The van der Waals surface area contributed by atoms with Crippen LogP contribution < -0.4 is 0 Å². The summed E-state index contributed by atoms with van der Waals surface area (Å²) in [5, 5.41) is 0. The molecule has 186 valence electrons. The van der Waals surface area contributed by atoms with E-state index in [1.807, 2.05) is 0 Å². The number of aromatic amines is 1. The van der Waals surface area contributed by atoms with E-state index in [4.69, 9.17) is 0 Å². The van der Waals surface area contributed by atoms with Crippen LogP contribution in [0.2, 0.25) is 0 Å². The van der Waals surface area contributed by atoms with Crippen molar-refractivity contribution in [2.45, 2.75) is 46.0 Å². The van der Waals surface area contributed by atoms with E-state index in [2.05, 4.69) is 147 Å². The molecule has 0 aliphatic carbocycles. The molecule has 0 aliphatic heterocycles. The topological polar surface area (TPSA) is 20.7 Å². The molecule has 0 radical (unpaired) electrons. The lowest BCUT2D eigenvalue weighted by molar-refractivity contribution is 0.590. The molecular formula is C35H36N2. The maximum atomic E-state index is 4.59. The van der Waals surface area contributed by atoms with Crippen LogP contribution in [0.15, 0.2) is 110 Å². The monoisotopic (exact) mass is 484 g/mol. The number of nitrogens with one attached hydrogen (secondary N) is 1. The number of nitrogens with zero attached hydrogens (tertiary/aromatic N) is 1. The summed E-state index contributed by atoms with van der Waals surface area (Å²) in [5.74, 6) is 0. The van der Waals surface area contributed by atoms with Gasteiger partial charge in [0.15, 0.2) is 0 Å². The zero-order valence-corrected chi connectivity index (χ0v) is 22.4. The average molecular weight is 485 g/mol. The van der Waals surface area contributed by atoms with Crippen LogP contribution in [0.3, 0.4) is 0 Å². The smallest absolute Gasteiger partial charge is 0.0528 e. The Balaban J connectivity index is 1.54. The number of benzene rings is 3. The quantitative estimate of drug-likeness (QED) is 0.237. The van der Waals surface area contributed by atoms with Gasteiger partial charge in [-0.25, -0.2) is 0 Å². The number of rotatable bonds is 7. The van der Waals surface area contributed by atoms with E-state index in [0.29, 0.717) is 0 Å². The molecule has 0 unspecified atom stereocenters. The van der Waals surface area contributed by atoms with Gasteiger partial charge in [-0.3, -0.25) is 0 Å².